The Morgan fingerprint density at radius 3 is 2.00 bits per heavy atom. The fourth-order valence-electron chi connectivity index (χ4n) is 5.96. The van der Waals surface area contributed by atoms with Crippen LogP contribution in [0.15, 0.2) is 48.5 Å². The largest absolute Gasteiger partial charge is 0.389 e. The number of ether oxygens (including phenoxy) is 2. The predicted molar refractivity (Wildman–Crippen MR) is 192 cm³/mol. The first-order valence-electron chi connectivity index (χ1n) is 16.6. The van der Waals surface area contributed by atoms with Crippen molar-refractivity contribution in [2.24, 2.45) is 5.73 Å². The third-order valence-corrected chi connectivity index (χ3v) is 10.1. The van der Waals surface area contributed by atoms with Crippen molar-refractivity contribution in [3.63, 3.8) is 0 Å². The molecule has 2 fully saturated rings. The topological polar surface area (TPSA) is 84.2 Å². The lowest BCUT2D eigenvalue weighted by Crippen LogP contribution is -2.21. The number of rotatable bonds is 10. The maximum Gasteiger partial charge on any atom is 0.164 e. The van der Waals surface area contributed by atoms with Gasteiger partial charge in [0.1, 0.15) is 16.1 Å². The van der Waals surface area contributed by atoms with Crippen molar-refractivity contribution in [2.75, 3.05) is 42.6 Å². The van der Waals surface area contributed by atoms with Crippen LogP contribution in [0.1, 0.15) is 89.0 Å². The molecule has 2 heterocycles. The zero-order chi connectivity index (χ0) is 32.3. The van der Waals surface area contributed by atoms with Crippen LogP contribution < -0.4 is 15.5 Å². The van der Waals surface area contributed by atoms with Gasteiger partial charge in [-0.25, -0.2) is 4.98 Å². The summed E-state index contributed by atoms with van der Waals surface area (Å²) in [7, 11) is 0. The monoisotopic (exact) mass is 650 g/mol. The number of nitrogens with two attached hydrogens (primary N) is 1. The van der Waals surface area contributed by atoms with Gasteiger partial charge in [0.05, 0.1) is 22.8 Å². The van der Waals surface area contributed by atoms with Crippen LogP contribution in [0, 0.1) is 0 Å². The molecule has 45 heavy (non-hydrogen) atoms. The van der Waals surface area contributed by atoms with E-state index in [-0.39, 0.29) is 12.2 Å². The van der Waals surface area contributed by atoms with Gasteiger partial charge in [0.25, 0.3) is 0 Å². The maximum atomic E-state index is 10.7. The summed E-state index contributed by atoms with van der Waals surface area (Å²) in [6, 6.07) is 16.9. The molecule has 1 saturated carbocycles. The molecule has 3 atom stereocenters. The highest BCUT2D eigenvalue weighted by molar-refractivity contribution is 7.80. The number of ketones is 1. The van der Waals surface area contributed by atoms with E-state index in [1.54, 1.807) is 0 Å². The van der Waals surface area contributed by atoms with Gasteiger partial charge in [-0.15, -0.1) is 11.3 Å². The number of hydrogen-bond donors (Lipinski definition) is 1. The molecule has 0 spiro atoms. The molecule has 1 saturated heterocycles. The molecule has 7 nitrogen and oxygen atoms in total. The number of aryl methyl sites for hydroxylation is 1. The molecular weight excluding hydrogens is 601 g/mol. The lowest BCUT2D eigenvalue weighted by Gasteiger charge is -2.21. The van der Waals surface area contributed by atoms with Crippen molar-refractivity contribution in [1.29, 1.82) is 0 Å². The highest BCUT2D eigenvalue weighted by Gasteiger charge is 2.46. The molecule has 0 amide bonds. The highest BCUT2D eigenvalue weighted by atomic mass is 32.1. The third-order valence-electron chi connectivity index (χ3n) is 8.60. The summed E-state index contributed by atoms with van der Waals surface area (Å²) in [5, 5.41) is 1.13. The van der Waals surface area contributed by atoms with Gasteiger partial charge in [0, 0.05) is 61.7 Å². The molecule has 0 bridgehead atoms. The average Bonchev–Trinajstić information content (AvgIpc) is 3.74. The van der Waals surface area contributed by atoms with Gasteiger partial charge >= 0.3 is 0 Å². The van der Waals surface area contributed by atoms with Crippen LogP contribution >= 0.6 is 23.6 Å². The van der Waals surface area contributed by atoms with Gasteiger partial charge < -0.3 is 25.0 Å². The Bertz CT molecular complexity index is 1370. The summed E-state index contributed by atoms with van der Waals surface area (Å²) >= 11 is 6.70. The van der Waals surface area contributed by atoms with Crippen molar-refractivity contribution < 1.29 is 14.3 Å². The van der Waals surface area contributed by atoms with Crippen LogP contribution in [-0.2, 0) is 20.7 Å². The van der Waals surface area contributed by atoms with E-state index < -0.39 is 0 Å². The molecular formula is C36H50N4O3S2. The van der Waals surface area contributed by atoms with Gasteiger partial charge in [-0.3, -0.25) is 4.79 Å². The van der Waals surface area contributed by atoms with E-state index >= 15 is 0 Å². The predicted octanol–water partition coefficient (Wildman–Crippen LogP) is 7.74. The molecule has 2 N–H and O–H groups in total. The number of aromatic nitrogens is 1. The molecule has 3 unspecified atom stereocenters. The van der Waals surface area contributed by atoms with E-state index in [1.807, 2.05) is 23.5 Å². The minimum atomic E-state index is 0.0312. The first kappa shape index (κ1) is 35.0. The number of Topliss-reactive ketones (excluding diaryl/α,β-unsaturated/α-hetero) is 1. The van der Waals surface area contributed by atoms with Gasteiger partial charge in [-0.05, 0) is 115 Å². The summed E-state index contributed by atoms with van der Waals surface area (Å²) in [6.45, 7) is 15.6. The average molecular weight is 651 g/mol. The smallest absolute Gasteiger partial charge is 0.164 e. The van der Waals surface area contributed by atoms with Crippen LogP contribution in [0.25, 0.3) is 10.6 Å². The van der Waals surface area contributed by atoms with Crippen molar-refractivity contribution in [1.82, 2.24) is 4.98 Å². The number of hydrogen-bond acceptors (Lipinski definition) is 8. The number of fused-ring (bicyclic) bond motifs is 2. The first-order chi connectivity index (χ1) is 21.8. The van der Waals surface area contributed by atoms with E-state index in [4.69, 9.17) is 32.4 Å². The van der Waals surface area contributed by atoms with E-state index in [0.717, 1.165) is 75.5 Å². The molecule has 2 aromatic carbocycles. The molecule has 3 aromatic rings. The van der Waals surface area contributed by atoms with Crippen molar-refractivity contribution in [2.45, 2.75) is 91.5 Å². The van der Waals surface area contributed by atoms with Crippen LogP contribution in [0.5, 0.6) is 0 Å². The number of thiazole rings is 1. The summed E-state index contributed by atoms with van der Waals surface area (Å²) in [5.41, 5.74) is 11.4. The molecule has 6 rings (SSSR count). The molecule has 0 radical (unpaired) electrons. The Kier molecular flexibility index (Phi) is 13.4. The Balaban J connectivity index is 0.000000176. The minimum Gasteiger partial charge on any atom is -0.389 e. The van der Waals surface area contributed by atoms with E-state index in [2.05, 4.69) is 80.8 Å². The normalized spacial score (nSPS) is 19.6. The Hall–Kier alpha value is -2.85. The van der Waals surface area contributed by atoms with Crippen molar-refractivity contribution >= 4 is 45.7 Å². The van der Waals surface area contributed by atoms with Crippen molar-refractivity contribution in [3.8, 4) is 10.6 Å². The van der Waals surface area contributed by atoms with E-state index in [9.17, 15) is 4.79 Å². The fraction of sp³-hybridized carbons (Fsp3) is 0.528. The molecule has 2 aliphatic carbocycles. The SMILES string of the molecule is CCN(CC)c1ccc(C(N)=S)cc1.CCOC1CCCc2nc(-c3ccc(N(CC)CC)cc3)sc21.O=C1CCCC2OC12. The summed E-state index contributed by atoms with van der Waals surface area (Å²) in [6.07, 6.45) is 6.92. The van der Waals surface area contributed by atoms with Gasteiger partial charge in [-0.1, -0.05) is 12.2 Å². The number of carbonyl (C=O) groups excluding carboxylic acids is 1. The summed E-state index contributed by atoms with van der Waals surface area (Å²) in [4.78, 5) is 22.1. The zero-order valence-electron chi connectivity index (χ0n) is 27.6. The van der Waals surface area contributed by atoms with Gasteiger partial charge in [0.15, 0.2) is 5.78 Å². The Morgan fingerprint density at radius 2 is 1.49 bits per heavy atom. The zero-order valence-corrected chi connectivity index (χ0v) is 29.2. The first-order valence-corrected chi connectivity index (χ1v) is 17.8. The number of epoxide rings is 1. The van der Waals surface area contributed by atoms with E-state index in [0.29, 0.717) is 16.9 Å². The third kappa shape index (κ3) is 9.35. The number of nitrogens with zero attached hydrogens (tertiary/aromatic N) is 3. The standard InChI is InChI=1S/C19H26N2OS.C11H16N2S.C6H8O2/c1-4-21(5-2)15-12-10-14(11-13-15)19-20-16-8-7-9-17(22-6-3)18(16)23-19;1-3-13(4-2)10-7-5-9(6-8-10)11(12)14;7-4-2-1-3-5-6(4)8-5/h10-13,17H,4-9H2,1-3H3;5-8H,3-4H2,1-2H3,(H2,12,14);5-6H,1-3H2. The number of carbonyl (C=O) groups is 1. The second kappa shape index (κ2) is 17.2. The lowest BCUT2D eigenvalue weighted by atomic mass is 10.00. The van der Waals surface area contributed by atoms with Gasteiger partial charge in [-0.2, -0.15) is 0 Å². The van der Waals surface area contributed by atoms with Crippen LogP contribution in [-0.4, -0.2) is 60.7 Å². The number of thiocarbonyl (C=S) groups is 1. The molecule has 3 aliphatic rings. The van der Waals surface area contributed by atoms with Crippen LogP contribution in [0.4, 0.5) is 11.4 Å². The highest BCUT2D eigenvalue weighted by Crippen LogP contribution is 2.40. The molecule has 9 heteroatoms. The summed E-state index contributed by atoms with van der Waals surface area (Å²) < 4.78 is 10.9. The number of benzene rings is 2. The molecule has 244 valence electrons. The molecule has 1 aliphatic heterocycles. The second-order valence-corrected chi connectivity index (χ2v) is 12.9. The quantitative estimate of drug-likeness (QED) is 0.176. The van der Waals surface area contributed by atoms with Crippen molar-refractivity contribution in [3.05, 3.63) is 64.7 Å². The van der Waals surface area contributed by atoms with Crippen LogP contribution in [0.2, 0.25) is 0 Å². The lowest BCUT2D eigenvalue weighted by molar-refractivity contribution is -0.120. The van der Waals surface area contributed by atoms with E-state index in [1.165, 1.54) is 33.9 Å². The summed E-state index contributed by atoms with van der Waals surface area (Å²) in [5.74, 6) is 0.321. The maximum absolute atomic E-state index is 10.7. The Labute approximate surface area is 279 Å². The van der Waals surface area contributed by atoms with Gasteiger partial charge in [0.2, 0.25) is 0 Å². The Morgan fingerprint density at radius 1 is 0.911 bits per heavy atom. The fourth-order valence-corrected chi connectivity index (χ4v) is 7.30. The minimum absolute atomic E-state index is 0.0312. The van der Waals surface area contributed by atoms with Crippen LogP contribution in [0.3, 0.4) is 0 Å². The second-order valence-electron chi connectivity index (χ2n) is 11.4. The number of anilines is 2. The molecule has 1 aromatic heterocycles.